The highest BCUT2D eigenvalue weighted by atomic mass is 16.5. The molecular formula is C20H23N3O4. The van der Waals surface area contributed by atoms with Crippen LogP contribution in [0.15, 0.2) is 42.5 Å². The number of ether oxygens (including phenoxy) is 2. The molecule has 1 fully saturated rings. The highest BCUT2D eigenvalue weighted by Crippen LogP contribution is 2.30. The Hall–Kier alpha value is -3.22. The van der Waals surface area contributed by atoms with Crippen LogP contribution in [0.2, 0.25) is 0 Å². The summed E-state index contributed by atoms with van der Waals surface area (Å²) in [5.74, 6) is 1.35. The van der Waals surface area contributed by atoms with Gasteiger partial charge in [0.05, 0.1) is 14.2 Å². The first-order valence-electron chi connectivity index (χ1n) is 8.77. The summed E-state index contributed by atoms with van der Waals surface area (Å²) in [5.41, 5.74) is 2.32. The van der Waals surface area contributed by atoms with Crippen LogP contribution in [0, 0.1) is 0 Å². The van der Waals surface area contributed by atoms with Crippen LogP contribution in [0.3, 0.4) is 0 Å². The Kier molecular flexibility index (Phi) is 5.80. The number of carbonyl (C=O) groups is 2. The molecule has 0 aliphatic carbocycles. The largest absolute Gasteiger partial charge is 0.493 e. The van der Waals surface area contributed by atoms with E-state index in [2.05, 4.69) is 10.6 Å². The molecule has 3 rings (SSSR count). The Labute approximate surface area is 158 Å². The average Bonchev–Trinajstić information content (AvgIpc) is 3.12. The molecule has 2 aromatic rings. The summed E-state index contributed by atoms with van der Waals surface area (Å²) in [4.78, 5) is 25.7. The maximum absolute atomic E-state index is 12.2. The Morgan fingerprint density at radius 1 is 1.11 bits per heavy atom. The van der Waals surface area contributed by atoms with Crippen LogP contribution in [0.25, 0.3) is 0 Å². The molecule has 142 valence electrons. The second-order valence-electron chi connectivity index (χ2n) is 6.16. The number of hydrogen-bond acceptors (Lipinski definition) is 4. The highest BCUT2D eigenvalue weighted by Gasteiger charge is 2.21. The minimum atomic E-state index is -0.329. The summed E-state index contributed by atoms with van der Waals surface area (Å²) in [6, 6.07) is 12.4. The van der Waals surface area contributed by atoms with E-state index in [1.165, 1.54) is 0 Å². The number of rotatable bonds is 6. The summed E-state index contributed by atoms with van der Waals surface area (Å²) in [5, 5.41) is 5.58. The summed E-state index contributed by atoms with van der Waals surface area (Å²) in [7, 11) is 3.13. The zero-order chi connectivity index (χ0) is 19.2. The Morgan fingerprint density at radius 3 is 2.52 bits per heavy atom. The van der Waals surface area contributed by atoms with Crippen LogP contribution in [0.5, 0.6) is 11.5 Å². The van der Waals surface area contributed by atoms with Gasteiger partial charge in [-0.05, 0) is 36.8 Å². The maximum Gasteiger partial charge on any atom is 0.319 e. The summed E-state index contributed by atoms with van der Waals surface area (Å²) in [6.45, 7) is 1.04. The van der Waals surface area contributed by atoms with Crippen LogP contribution in [0.1, 0.15) is 18.4 Å². The number of carbonyl (C=O) groups excluding carboxylic acids is 2. The third-order valence-corrected chi connectivity index (χ3v) is 4.43. The van der Waals surface area contributed by atoms with Gasteiger partial charge in [0.15, 0.2) is 11.5 Å². The first kappa shape index (κ1) is 18.6. The second-order valence-corrected chi connectivity index (χ2v) is 6.16. The zero-order valence-corrected chi connectivity index (χ0v) is 15.5. The molecule has 7 nitrogen and oxygen atoms in total. The van der Waals surface area contributed by atoms with Gasteiger partial charge in [-0.3, -0.25) is 4.79 Å². The van der Waals surface area contributed by atoms with E-state index < -0.39 is 0 Å². The fourth-order valence-corrected chi connectivity index (χ4v) is 3.09. The predicted octanol–water partition coefficient (Wildman–Crippen LogP) is 3.15. The van der Waals surface area contributed by atoms with E-state index in [9.17, 15) is 9.59 Å². The Balaban J connectivity index is 1.57. The number of nitrogens with zero attached hydrogens (tertiary/aromatic N) is 1. The molecular weight excluding hydrogens is 346 g/mol. The van der Waals surface area contributed by atoms with Crippen molar-refractivity contribution in [3.8, 4) is 11.5 Å². The summed E-state index contributed by atoms with van der Waals surface area (Å²) in [6.07, 6.45) is 1.48. The minimum absolute atomic E-state index is 0.140. The van der Waals surface area contributed by atoms with Gasteiger partial charge in [-0.25, -0.2) is 4.79 Å². The summed E-state index contributed by atoms with van der Waals surface area (Å²) >= 11 is 0. The van der Waals surface area contributed by atoms with Gasteiger partial charge in [0.2, 0.25) is 5.91 Å². The number of nitrogens with one attached hydrogen (secondary N) is 2. The van der Waals surface area contributed by atoms with Crippen molar-refractivity contribution in [1.29, 1.82) is 0 Å². The molecule has 0 unspecified atom stereocenters. The van der Waals surface area contributed by atoms with Crippen molar-refractivity contribution in [3.63, 3.8) is 0 Å². The fourth-order valence-electron chi connectivity index (χ4n) is 3.09. The molecule has 7 heteroatoms. The van der Waals surface area contributed by atoms with Crippen molar-refractivity contribution in [2.75, 3.05) is 31.0 Å². The molecule has 0 spiro atoms. The third-order valence-electron chi connectivity index (χ3n) is 4.43. The topological polar surface area (TPSA) is 79.9 Å². The minimum Gasteiger partial charge on any atom is -0.493 e. The predicted molar refractivity (Wildman–Crippen MR) is 103 cm³/mol. The SMILES string of the molecule is COc1cccc(CNC(=O)Nc2ccc(N3CCCC3=O)cc2)c1OC. The van der Waals surface area contributed by atoms with Gasteiger partial charge in [0, 0.05) is 36.4 Å². The van der Waals surface area contributed by atoms with E-state index in [4.69, 9.17) is 9.47 Å². The molecule has 2 N–H and O–H groups in total. The van der Waals surface area contributed by atoms with Crippen LogP contribution in [-0.4, -0.2) is 32.7 Å². The van der Waals surface area contributed by atoms with Gasteiger partial charge < -0.3 is 25.0 Å². The van der Waals surface area contributed by atoms with Crippen molar-refractivity contribution < 1.29 is 19.1 Å². The lowest BCUT2D eigenvalue weighted by atomic mass is 10.2. The van der Waals surface area contributed by atoms with Gasteiger partial charge in [-0.15, -0.1) is 0 Å². The van der Waals surface area contributed by atoms with E-state index in [1.54, 1.807) is 37.3 Å². The smallest absolute Gasteiger partial charge is 0.319 e. The standard InChI is InChI=1S/C20H23N3O4/c1-26-17-6-3-5-14(19(17)27-2)13-21-20(25)22-15-8-10-16(11-9-15)23-12-4-7-18(23)24/h3,5-6,8-11H,4,7,12-13H2,1-2H3,(H2,21,22,25). The van der Waals surface area contributed by atoms with E-state index >= 15 is 0 Å². The average molecular weight is 369 g/mol. The molecule has 0 saturated carbocycles. The lowest BCUT2D eigenvalue weighted by Gasteiger charge is -2.16. The van der Waals surface area contributed by atoms with E-state index in [0.717, 1.165) is 24.2 Å². The van der Waals surface area contributed by atoms with Gasteiger partial charge in [0.25, 0.3) is 0 Å². The van der Waals surface area contributed by atoms with Crippen molar-refractivity contribution >= 4 is 23.3 Å². The molecule has 1 aliphatic heterocycles. The quantitative estimate of drug-likeness (QED) is 0.820. The van der Waals surface area contributed by atoms with E-state index in [1.807, 2.05) is 24.3 Å². The fraction of sp³-hybridized carbons (Fsp3) is 0.300. The van der Waals surface area contributed by atoms with Gasteiger partial charge in [-0.2, -0.15) is 0 Å². The van der Waals surface area contributed by atoms with Crippen LogP contribution in [0.4, 0.5) is 16.2 Å². The van der Waals surface area contributed by atoms with E-state index in [-0.39, 0.29) is 11.9 Å². The van der Waals surface area contributed by atoms with Crippen molar-refractivity contribution in [2.24, 2.45) is 0 Å². The molecule has 1 saturated heterocycles. The first-order valence-corrected chi connectivity index (χ1v) is 8.77. The van der Waals surface area contributed by atoms with Crippen LogP contribution < -0.4 is 25.0 Å². The summed E-state index contributed by atoms with van der Waals surface area (Å²) < 4.78 is 10.6. The number of urea groups is 1. The van der Waals surface area contributed by atoms with Crippen molar-refractivity contribution in [3.05, 3.63) is 48.0 Å². The molecule has 2 aromatic carbocycles. The number of methoxy groups -OCH3 is 2. The highest BCUT2D eigenvalue weighted by molar-refractivity contribution is 5.96. The number of para-hydroxylation sites is 1. The lowest BCUT2D eigenvalue weighted by molar-refractivity contribution is -0.117. The van der Waals surface area contributed by atoms with Crippen LogP contribution >= 0.6 is 0 Å². The molecule has 0 radical (unpaired) electrons. The Morgan fingerprint density at radius 2 is 1.89 bits per heavy atom. The van der Waals surface area contributed by atoms with Crippen LogP contribution in [-0.2, 0) is 11.3 Å². The normalized spacial score (nSPS) is 13.4. The van der Waals surface area contributed by atoms with Gasteiger partial charge in [0.1, 0.15) is 0 Å². The Bertz CT molecular complexity index is 820. The molecule has 0 bridgehead atoms. The van der Waals surface area contributed by atoms with Gasteiger partial charge >= 0.3 is 6.03 Å². The van der Waals surface area contributed by atoms with Crippen molar-refractivity contribution in [2.45, 2.75) is 19.4 Å². The van der Waals surface area contributed by atoms with Gasteiger partial charge in [-0.1, -0.05) is 12.1 Å². The molecule has 0 aromatic heterocycles. The second kappa shape index (κ2) is 8.44. The molecule has 27 heavy (non-hydrogen) atoms. The third kappa shape index (κ3) is 4.31. The number of benzene rings is 2. The van der Waals surface area contributed by atoms with Crippen molar-refractivity contribution in [1.82, 2.24) is 5.32 Å². The maximum atomic E-state index is 12.2. The zero-order valence-electron chi connectivity index (χ0n) is 15.5. The number of anilines is 2. The molecule has 1 aliphatic rings. The number of amides is 3. The number of hydrogen-bond donors (Lipinski definition) is 2. The lowest BCUT2D eigenvalue weighted by Crippen LogP contribution is -2.28. The first-order chi connectivity index (χ1) is 13.1. The monoisotopic (exact) mass is 369 g/mol. The van der Waals surface area contributed by atoms with E-state index in [0.29, 0.717) is 30.2 Å². The molecule has 1 heterocycles. The molecule has 0 atom stereocenters. The molecule has 3 amide bonds.